The van der Waals surface area contributed by atoms with Gasteiger partial charge in [-0.25, -0.2) is 9.59 Å². The van der Waals surface area contributed by atoms with E-state index in [1.165, 1.54) is 4.90 Å². The van der Waals surface area contributed by atoms with Crippen LogP contribution in [0.2, 0.25) is 0 Å². The van der Waals surface area contributed by atoms with Crippen LogP contribution in [0.1, 0.15) is 96.9 Å². The molecule has 4 amide bonds. The predicted molar refractivity (Wildman–Crippen MR) is 180 cm³/mol. The summed E-state index contributed by atoms with van der Waals surface area (Å²) in [5.41, 5.74) is 5.88. The van der Waals surface area contributed by atoms with Crippen molar-refractivity contribution < 1.29 is 33.4 Å². The SMILES string of the molecule is CCCCCN(C(=O)C(CC(N)=O)NC(=O)OC(C)(C)C)C(C(=O)NC(Cc1ccccc1)C(=O)OC(C)(C)C)c1ccccc1C. The number of benzene rings is 2. The van der Waals surface area contributed by atoms with E-state index in [0.29, 0.717) is 12.0 Å². The number of nitrogens with zero attached hydrogens (tertiary/aromatic N) is 1. The third kappa shape index (κ3) is 13.5. The van der Waals surface area contributed by atoms with Crippen molar-refractivity contribution in [3.8, 4) is 0 Å². The van der Waals surface area contributed by atoms with E-state index in [-0.39, 0.29) is 13.0 Å². The number of nitrogens with two attached hydrogens (primary N) is 1. The van der Waals surface area contributed by atoms with E-state index in [1.54, 1.807) is 53.7 Å². The molecule has 2 aromatic rings. The first-order valence-corrected chi connectivity index (χ1v) is 16.1. The summed E-state index contributed by atoms with van der Waals surface area (Å²) >= 11 is 0. The lowest BCUT2D eigenvalue weighted by Crippen LogP contribution is -2.56. The smallest absolute Gasteiger partial charge is 0.408 e. The van der Waals surface area contributed by atoms with Crippen LogP contribution in [-0.2, 0) is 35.1 Å². The van der Waals surface area contributed by atoms with Crippen LogP contribution in [0.25, 0.3) is 0 Å². The quantitative estimate of drug-likeness (QED) is 0.183. The van der Waals surface area contributed by atoms with Crippen LogP contribution in [0.4, 0.5) is 4.79 Å². The topological polar surface area (TPSA) is 157 Å². The average Bonchev–Trinajstić information content (AvgIpc) is 2.95. The second kappa shape index (κ2) is 17.5. The molecule has 3 unspecified atom stereocenters. The summed E-state index contributed by atoms with van der Waals surface area (Å²) in [6, 6.07) is 12.6. The molecule has 0 aromatic heterocycles. The van der Waals surface area contributed by atoms with Crippen molar-refractivity contribution in [2.75, 3.05) is 6.54 Å². The minimum atomic E-state index is -1.41. The summed E-state index contributed by atoms with van der Waals surface area (Å²) in [5.74, 6) is -2.75. The van der Waals surface area contributed by atoms with Crippen LogP contribution in [0.3, 0.4) is 0 Å². The Kier molecular flexibility index (Phi) is 14.4. The molecule has 0 radical (unpaired) electrons. The van der Waals surface area contributed by atoms with Crippen LogP contribution in [0, 0.1) is 6.92 Å². The molecular weight excluding hydrogens is 600 g/mol. The van der Waals surface area contributed by atoms with Crippen molar-refractivity contribution in [1.29, 1.82) is 0 Å². The van der Waals surface area contributed by atoms with Crippen molar-refractivity contribution in [2.45, 2.75) is 117 Å². The predicted octanol–water partition coefficient (Wildman–Crippen LogP) is 4.89. The zero-order valence-corrected chi connectivity index (χ0v) is 29.1. The average molecular weight is 653 g/mol. The number of aryl methyl sites for hydroxylation is 1. The fraction of sp³-hybridized carbons (Fsp3) is 0.528. The number of hydrogen-bond acceptors (Lipinski definition) is 7. The van der Waals surface area contributed by atoms with Gasteiger partial charge in [-0.1, -0.05) is 74.4 Å². The van der Waals surface area contributed by atoms with E-state index in [1.807, 2.05) is 56.3 Å². The van der Waals surface area contributed by atoms with Gasteiger partial charge in [0.25, 0.3) is 0 Å². The van der Waals surface area contributed by atoms with Gasteiger partial charge < -0.3 is 30.7 Å². The second-order valence-electron chi connectivity index (χ2n) is 13.7. The van der Waals surface area contributed by atoms with E-state index in [4.69, 9.17) is 15.2 Å². The summed E-state index contributed by atoms with van der Waals surface area (Å²) < 4.78 is 11.0. The van der Waals surface area contributed by atoms with Gasteiger partial charge >= 0.3 is 12.1 Å². The highest BCUT2D eigenvalue weighted by Crippen LogP contribution is 2.27. The van der Waals surface area contributed by atoms with Crippen molar-refractivity contribution in [2.24, 2.45) is 5.73 Å². The van der Waals surface area contributed by atoms with Gasteiger partial charge in [0.05, 0.1) is 6.42 Å². The lowest BCUT2D eigenvalue weighted by atomic mass is 9.96. The minimum absolute atomic E-state index is 0.125. The number of primary amides is 1. The number of ether oxygens (including phenoxy) is 2. The summed E-state index contributed by atoms with van der Waals surface area (Å²) in [6.45, 7) is 14.2. The number of amides is 4. The first kappa shape index (κ1) is 38.8. The lowest BCUT2D eigenvalue weighted by molar-refractivity contribution is -0.159. The van der Waals surface area contributed by atoms with Gasteiger partial charge in [0, 0.05) is 13.0 Å². The van der Waals surface area contributed by atoms with Gasteiger partial charge in [-0.15, -0.1) is 0 Å². The van der Waals surface area contributed by atoms with E-state index in [0.717, 1.165) is 24.0 Å². The zero-order chi connectivity index (χ0) is 35.4. The first-order valence-electron chi connectivity index (χ1n) is 16.1. The van der Waals surface area contributed by atoms with E-state index in [9.17, 15) is 24.0 Å². The molecule has 2 aromatic carbocycles. The molecule has 0 aliphatic heterocycles. The van der Waals surface area contributed by atoms with E-state index >= 15 is 0 Å². The molecule has 0 saturated carbocycles. The number of esters is 1. The highest BCUT2D eigenvalue weighted by atomic mass is 16.6. The maximum absolute atomic E-state index is 14.5. The summed E-state index contributed by atoms with van der Waals surface area (Å²) in [6.07, 6.45) is 0.848. The van der Waals surface area contributed by atoms with Gasteiger partial charge in [0.1, 0.15) is 29.3 Å². The molecule has 3 atom stereocenters. The Balaban J connectivity index is 2.64. The molecule has 0 spiro atoms. The van der Waals surface area contributed by atoms with Crippen molar-refractivity contribution in [3.63, 3.8) is 0 Å². The normalized spacial score (nSPS) is 13.4. The molecule has 0 saturated heterocycles. The van der Waals surface area contributed by atoms with Crippen LogP contribution in [0.5, 0.6) is 0 Å². The molecule has 0 heterocycles. The Morgan fingerprint density at radius 3 is 1.96 bits per heavy atom. The largest absolute Gasteiger partial charge is 0.458 e. The number of unbranched alkanes of at least 4 members (excludes halogenated alkanes) is 2. The molecule has 11 nitrogen and oxygen atoms in total. The fourth-order valence-electron chi connectivity index (χ4n) is 4.96. The van der Waals surface area contributed by atoms with Crippen LogP contribution >= 0.6 is 0 Å². The van der Waals surface area contributed by atoms with Gasteiger partial charge in [-0.2, -0.15) is 0 Å². The molecule has 4 N–H and O–H groups in total. The Labute approximate surface area is 278 Å². The van der Waals surface area contributed by atoms with E-state index < -0.39 is 65.5 Å². The Hall–Kier alpha value is -4.41. The molecule has 0 aliphatic rings. The minimum Gasteiger partial charge on any atom is -0.458 e. The van der Waals surface area contributed by atoms with Crippen LogP contribution in [0.15, 0.2) is 54.6 Å². The zero-order valence-electron chi connectivity index (χ0n) is 29.1. The van der Waals surface area contributed by atoms with Crippen LogP contribution < -0.4 is 16.4 Å². The number of alkyl carbamates (subject to hydrolysis) is 1. The third-order valence-electron chi connectivity index (χ3n) is 7.01. The summed E-state index contributed by atoms with van der Waals surface area (Å²) in [5, 5.41) is 5.37. The van der Waals surface area contributed by atoms with Gasteiger partial charge in [-0.05, 0) is 71.6 Å². The van der Waals surface area contributed by atoms with Gasteiger partial charge in [-0.3, -0.25) is 14.4 Å². The van der Waals surface area contributed by atoms with Gasteiger partial charge in [0.15, 0.2) is 0 Å². The number of carbonyl (C=O) groups excluding carboxylic acids is 5. The fourth-order valence-corrected chi connectivity index (χ4v) is 4.96. The standard InChI is InChI=1S/C36H52N4O7/c1-9-10-16-21-40(32(43)27(23-29(37)41)39-34(45)47-36(6,7)8)30(26-20-15-14-17-24(26)2)31(42)38-28(33(44)46-35(3,4)5)22-25-18-12-11-13-19-25/h11-15,17-20,27-28,30H,9-10,16,21-23H2,1-8H3,(H2,37,41)(H,38,42)(H,39,45). The van der Waals surface area contributed by atoms with Crippen molar-refractivity contribution in [3.05, 3.63) is 71.3 Å². The maximum Gasteiger partial charge on any atom is 0.408 e. The Morgan fingerprint density at radius 1 is 0.809 bits per heavy atom. The molecule has 0 aliphatic carbocycles. The number of carbonyl (C=O) groups is 5. The van der Waals surface area contributed by atoms with Crippen molar-refractivity contribution in [1.82, 2.24) is 15.5 Å². The maximum atomic E-state index is 14.5. The van der Waals surface area contributed by atoms with E-state index in [2.05, 4.69) is 10.6 Å². The number of hydrogen-bond donors (Lipinski definition) is 3. The Morgan fingerprint density at radius 2 is 1.40 bits per heavy atom. The van der Waals surface area contributed by atoms with Crippen LogP contribution in [-0.4, -0.2) is 64.5 Å². The highest BCUT2D eigenvalue weighted by Gasteiger charge is 2.39. The molecule has 258 valence electrons. The highest BCUT2D eigenvalue weighted by molar-refractivity contribution is 5.95. The lowest BCUT2D eigenvalue weighted by Gasteiger charge is -2.36. The summed E-state index contributed by atoms with van der Waals surface area (Å²) in [7, 11) is 0. The molecular formula is C36H52N4O7. The van der Waals surface area contributed by atoms with Gasteiger partial charge in [0.2, 0.25) is 17.7 Å². The first-order chi connectivity index (χ1) is 21.9. The van der Waals surface area contributed by atoms with Crippen molar-refractivity contribution >= 4 is 29.8 Å². The summed E-state index contributed by atoms with van der Waals surface area (Å²) in [4.78, 5) is 68.6. The second-order valence-corrected chi connectivity index (χ2v) is 13.7. The molecule has 2 rings (SSSR count). The monoisotopic (exact) mass is 652 g/mol. The number of nitrogens with one attached hydrogen (secondary N) is 2. The Bertz CT molecular complexity index is 1370. The molecule has 0 fully saturated rings. The molecule has 47 heavy (non-hydrogen) atoms. The number of rotatable bonds is 15. The molecule has 11 heteroatoms. The molecule has 0 bridgehead atoms. The third-order valence-corrected chi connectivity index (χ3v) is 7.01.